The molecule has 3 N–H and O–H groups in total. The van der Waals surface area contributed by atoms with Crippen LogP contribution < -0.4 is 10.9 Å². The molecule has 5 heteroatoms. The van der Waals surface area contributed by atoms with Gasteiger partial charge in [-0.3, -0.25) is 9.59 Å². The van der Waals surface area contributed by atoms with E-state index in [4.69, 9.17) is 0 Å². The van der Waals surface area contributed by atoms with Crippen molar-refractivity contribution in [2.75, 3.05) is 0 Å². The van der Waals surface area contributed by atoms with Gasteiger partial charge >= 0.3 is 0 Å². The molecule has 1 heterocycles. The number of aromatic amines is 1. The first kappa shape index (κ1) is 17.0. The largest absolute Gasteiger partial charge is 0.388 e. The van der Waals surface area contributed by atoms with Crippen LogP contribution in [0.25, 0.3) is 0 Å². The van der Waals surface area contributed by atoms with Crippen molar-refractivity contribution in [2.24, 2.45) is 0 Å². The molecular weight excluding hydrogens is 292 g/mol. The number of aliphatic hydroxyl groups excluding tert-OH is 1. The second-order valence-corrected chi connectivity index (χ2v) is 5.88. The van der Waals surface area contributed by atoms with Crippen LogP contribution in [0.3, 0.4) is 0 Å². The fraction of sp³-hybridized carbons (Fsp3) is 0.333. The topological polar surface area (TPSA) is 82.2 Å². The number of amides is 1. The van der Waals surface area contributed by atoms with Crippen molar-refractivity contribution in [1.29, 1.82) is 0 Å². The number of carbonyl (C=O) groups excluding carboxylic acids is 1. The molecule has 2 unspecified atom stereocenters. The van der Waals surface area contributed by atoms with Gasteiger partial charge in [0.1, 0.15) is 5.56 Å². The zero-order chi connectivity index (χ0) is 17.0. The Kier molecular flexibility index (Phi) is 5.34. The van der Waals surface area contributed by atoms with Gasteiger partial charge in [0.2, 0.25) is 0 Å². The van der Waals surface area contributed by atoms with Gasteiger partial charge in [-0.05, 0) is 44.4 Å². The third kappa shape index (κ3) is 4.29. The zero-order valence-electron chi connectivity index (χ0n) is 13.6. The second-order valence-electron chi connectivity index (χ2n) is 5.88. The Balaban J connectivity index is 2.04. The molecule has 5 nitrogen and oxygen atoms in total. The number of hydrogen-bond donors (Lipinski definition) is 3. The molecule has 0 radical (unpaired) electrons. The number of nitrogens with one attached hydrogen (secondary N) is 2. The summed E-state index contributed by atoms with van der Waals surface area (Å²) in [6, 6.07) is 10.8. The number of hydrogen-bond acceptors (Lipinski definition) is 3. The normalized spacial score (nSPS) is 13.4. The fourth-order valence-electron chi connectivity index (χ4n) is 2.64. The van der Waals surface area contributed by atoms with Crippen molar-refractivity contribution in [1.82, 2.24) is 10.3 Å². The van der Waals surface area contributed by atoms with Gasteiger partial charge in [0.25, 0.3) is 11.5 Å². The summed E-state index contributed by atoms with van der Waals surface area (Å²) in [6.45, 7) is 5.32. The van der Waals surface area contributed by atoms with Gasteiger partial charge in [-0.25, -0.2) is 0 Å². The first-order valence-electron chi connectivity index (χ1n) is 7.63. The van der Waals surface area contributed by atoms with E-state index in [-0.39, 0.29) is 11.6 Å². The van der Waals surface area contributed by atoms with Gasteiger partial charge in [0.15, 0.2) is 0 Å². The summed E-state index contributed by atoms with van der Waals surface area (Å²) < 4.78 is 0. The predicted octanol–water partition coefficient (Wildman–Crippen LogP) is 2.23. The van der Waals surface area contributed by atoms with Crippen molar-refractivity contribution < 1.29 is 9.90 Å². The molecule has 0 bridgehead atoms. The van der Waals surface area contributed by atoms with Gasteiger partial charge in [0, 0.05) is 11.7 Å². The van der Waals surface area contributed by atoms with Crippen LogP contribution >= 0.6 is 0 Å². The Morgan fingerprint density at radius 1 is 1.26 bits per heavy atom. The molecule has 23 heavy (non-hydrogen) atoms. The van der Waals surface area contributed by atoms with Gasteiger partial charge in [-0.2, -0.15) is 0 Å². The highest BCUT2D eigenvalue weighted by molar-refractivity contribution is 5.95. The smallest absolute Gasteiger partial charge is 0.261 e. The van der Waals surface area contributed by atoms with Crippen LogP contribution in [0.5, 0.6) is 0 Å². The van der Waals surface area contributed by atoms with Gasteiger partial charge in [0.05, 0.1) is 6.10 Å². The Morgan fingerprint density at radius 3 is 2.52 bits per heavy atom. The first-order valence-corrected chi connectivity index (χ1v) is 7.63. The average molecular weight is 314 g/mol. The summed E-state index contributed by atoms with van der Waals surface area (Å²) in [5.41, 5.74) is 1.89. The lowest BCUT2D eigenvalue weighted by Crippen LogP contribution is -2.37. The number of aliphatic hydroxyl groups is 1. The predicted molar refractivity (Wildman–Crippen MR) is 89.5 cm³/mol. The van der Waals surface area contributed by atoms with Crippen LogP contribution in [0.4, 0.5) is 0 Å². The summed E-state index contributed by atoms with van der Waals surface area (Å²) in [5.74, 6) is -0.420. The lowest BCUT2D eigenvalue weighted by molar-refractivity contribution is 0.0915. The zero-order valence-corrected chi connectivity index (χ0v) is 13.6. The lowest BCUT2D eigenvalue weighted by atomic mass is 10.0. The number of H-pyrrole nitrogens is 1. The van der Waals surface area contributed by atoms with Gasteiger partial charge < -0.3 is 15.4 Å². The Morgan fingerprint density at radius 2 is 1.91 bits per heavy atom. The number of rotatable bonds is 5. The quantitative estimate of drug-likeness (QED) is 0.791. The molecule has 2 rings (SSSR count). The van der Waals surface area contributed by atoms with Crippen LogP contribution in [0.2, 0.25) is 0 Å². The van der Waals surface area contributed by atoms with Crippen LogP contribution in [-0.4, -0.2) is 22.0 Å². The molecule has 0 saturated carbocycles. The molecule has 1 aromatic heterocycles. The van der Waals surface area contributed by atoms with Crippen LogP contribution in [0, 0.1) is 13.8 Å². The van der Waals surface area contributed by atoms with E-state index in [1.54, 1.807) is 19.9 Å². The highest BCUT2D eigenvalue weighted by Gasteiger charge is 2.18. The summed E-state index contributed by atoms with van der Waals surface area (Å²) in [5, 5.41) is 13.0. The molecule has 122 valence electrons. The van der Waals surface area contributed by atoms with Gasteiger partial charge in [-0.15, -0.1) is 0 Å². The second kappa shape index (κ2) is 7.24. The van der Waals surface area contributed by atoms with E-state index < -0.39 is 17.6 Å². The highest BCUT2D eigenvalue weighted by atomic mass is 16.3. The van der Waals surface area contributed by atoms with E-state index >= 15 is 0 Å². The van der Waals surface area contributed by atoms with E-state index in [1.807, 2.05) is 37.3 Å². The number of benzene rings is 1. The fourth-order valence-corrected chi connectivity index (χ4v) is 2.64. The average Bonchev–Trinajstić information content (AvgIpc) is 2.46. The summed E-state index contributed by atoms with van der Waals surface area (Å²) in [4.78, 5) is 26.9. The minimum Gasteiger partial charge on any atom is -0.388 e. The highest BCUT2D eigenvalue weighted by Crippen LogP contribution is 2.17. The molecule has 0 aliphatic heterocycles. The minimum atomic E-state index is -0.663. The third-order valence-corrected chi connectivity index (χ3v) is 3.73. The molecule has 1 aromatic carbocycles. The molecule has 0 aliphatic rings. The molecule has 2 atom stereocenters. The van der Waals surface area contributed by atoms with Crippen molar-refractivity contribution in [3.05, 3.63) is 69.1 Å². The molecular formula is C18H22N2O3. The van der Waals surface area contributed by atoms with Crippen molar-refractivity contribution >= 4 is 5.91 Å². The minimum absolute atomic E-state index is 0.122. The summed E-state index contributed by atoms with van der Waals surface area (Å²) in [6.07, 6.45) is -0.289. The van der Waals surface area contributed by atoms with E-state index in [2.05, 4.69) is 10.3 Å². The van der Waals surface area contributed by atoms with Crippen LogP contribution in [0.1, 0.15) is 46.6 Å². The van der Waals surface area contributed by atoms with E-state index in [9.17, 15) is 14.7 Å². The molecule has 0 saturated heterocycles. The van der Waals surface area contributed by atoms with Crippen molar-refractivity contribution in [2.45, 2.75) is 39.3 Å². The van der Waals surface area contributed by atoms with Crippen molar-refractivity contribution in [3.63, 3.8) is 0 Å². The van der Waals surface area contributed by atoms with E-state index in [0.717, 1.165) is 11.3 Å². The number of aromatic nitrogens is 1. The molecule has 0 spiro atoms. The van der Waals surface area contributed by atoms with Crippen molar-refractivity contribution in [3.8, 4) is 0 Å². The van der Waals surface area contributed by atoms with Gasteiger partial charge in [-0.1, -0.05) is 30.3 Å². The first-order chi connectivity index (χ1) is 10.9. The Hall–Kier alpha value is -2.40. The molecule has 0 fully saturated rings. The maximum Gasteiger partial charge on any atom is 0.261 e. The summed E-state index contributed by atoms with van der Waals surface area (Å²) >= 11 is 0. The molecule has 0 aliphatic carbocycles. The standard InChI is InChI=1S/C18H22N2O3/c1-11-9-12(2)19-17(22)16(11)18(23)20-13(3)10-15(21)14-7-5-4-6-8-14/h4-9,13,15,21H,10H2,1-3H3,(H,19,22)(H,20,23). The molecule has 2 aromatic rings. The molecule has 1 amide bonds. The summed E-state index contributed by atoms with van der Waals surface area (Å²) in [7, 11) is 0. The maximum absolute atomic E-state index is 12.3. The number of pyridine rings is 1. The van der Waals surface area contributed by atoms with E-state index in [0.29, 0.717) is 12.0 Å². The lowest BCUT2D eigenvalue weighted by Gasteiger charge is -2.18. The number of carbonyl (C=O) groups is 1. The van der Waals surface area contributed by atoms with Crippen LogP contribution in [-0.2, 0) is 0 Å². The Bertz CT molecular complexity index is 738. The number of aryl methyl sites for hydroxylation is 2. The Labute approximate surface area is 135 Å². The van der Waals surface area contributed by atoms with Crippen LogP contribution in [0.15, 0.2) is 41.2 Å². The third-order valence-electron chi connectivity index (χ3n) is 3.73. The SMILES string of the molecule is Cc1cc(C)c(C(=O)NC(C)CC(O)c2ccccc2)c(=O)[nH]1. The monoisotopic (exact) mass is 314 g/mol. The van der Waals surface area contributed by atoms with E-state index in [1.165, 1.54) is 0 Å². The maximum atomic E-state index is 12.3.